The van der Waals surface area contributed by atoms with Crippen LogP contribution in [0.15, 0.2) is 17.1 Å². The zero-order valence-electron chi connectivity index (χ0n) is 14.2. The first kappa shape index (κ1) is 18.0. The van der Waals surface area contributed by atoms with Gasteiger partial charge in [0.1, 0.15) is 0 Å². The van der Waals surface area contributed by atoms with Crippen LogP contribution in [0.5, 0.6) is 11.5 Å². The van der Waals surface area contributed by atoms with Crippen molar-refractivity contribution in [1.29, 1.82) is 0 Å². The summed E-state index contributed by atoms with van der Waals surface area (Å²) in [4.78, 5) is 16.5. The van der Waals surface area contributed by atoms with Crippen molar-refractivity contribution in [2.45, 2.75) is 27.2 Å². The van der Waals surface area contributed by atoms with Crippen molar-refractivity contribution in [1.82, 2.24) is 4.90 Å². The minimum Gasteiger partial charge on any atom is -0.493 e. The van der Waals surface area contributed by atoms with Gasteiger partial charge in [0.25, 0.3) is 0 Å². The highest BCUT2D eigenvalue weighted by Crippen LogP contribution is 2.30. The van der Waals surface area contributed by atoms with Gasteiger partial charge in [0.15, 0.2) is 11.5 Å². The maximum Gasteiger partial charge on any atom is 0.219 e. The number of rotatable bonds is 4. The average molecular weight is 306 g/mol. The molecule has 0 fully saturated rings. The third-order valence-electron chi connectivity index (χ3n) is 3.59. The molecule has 0 aromatic heterocycles. The summed E-state index contributed by atoms with van der Waals surface area (Å²) in [5, 5.41) is 0. The van der Waals surface area contributed by atoms with Crippen molar-refractivity contribution in [2.75, 3.05) is 33.9 Å². The predicted molar refractivity (Wildman–Crippen MR) is 89.3 cm³/mol. The molecule has 1 aromatic rings. The molecule has 1 amide bonds. The molecule has 0 atom stereocenters. The largest absolute Gasteiger partial charge is 0.493 e. The van der Waals surface area contributed by atoms with Crippen LogP contribution in [-0.2, 0) is 11.2 Å². The molecule has 0 saturated carbocycles. The van der Waals surface area contributed by atoms with Crippen molar-refractivity contribution in [3.8, 4) is 11.5 Å². The molecule has 0 N–H and O–H groups in total. The fourth-order valence-corrected chi connectivity index (χ4v) is 2.29. The number of aliphatic imine (C=N–C) groups is 1. The number of ether oxygens (including phenoxy) is 2. The van der Waals surface area contributed by atoms with Crippen LogP contribution >= 0.6 is 0 Å². The number of fused-ring (bicyclic) bond motifs is 1. The van der Waals surface area contributed by atoms with Gasteiger partial charge in [-0.05, 0) is 43.5 Å². The molecule has 5 heteroatoms. The van der Waals surface area contributed by atoms with Gasteiger partial charge in [-0.1, -0.05) is 0 Å². The molecular weight excluding hydrogens is 280 g/mol. The molecule has 0 radical (unpaired) electrons. The molecule has 22 heavy (non-hydrogen) atoms. The van der Waals surface area contributed by atoms with Crippen LogP contribution in [-0.4, -0.2) is 50.9 Å². The van der Waals surface area contributed by atoms with Gasteiger partial charge in [-0.25, -0.2) is 0 Å². The number of carbonyl (C=O) groups is 1. The highest BCUT2D eigenvalue weighted by Gasteiger charge is 2.11. The lowest BCUT2D eigenvalue weighted by molar-refractivity contribution is -0.128. The summed E-state index contributed by atoms with van der Waals surface area (Å²) in [6.45, 7) is 8.06. The fraction of sp³-hybridized carbons (Fsp3) is 0.529. The first-order valence-corrected chi connectivity index (χ1v) is 7.57. The second-order valence-electron chi connectivity index (χ2n) is 4.88. The van der Waals surface area contributed by atoms with E-state index in [2.05, 4.69) is 4.99 Å². The van der Waals surface area contributed by atoms with Gasteiger partial charge in [0, 0.05) is 32.8 Å². The first-order valence-electron chi connectivity index (χ1n) is 7.57. The van der Waals surface area contributed by atoms with Crippen LogP contribution in [0, 0.1) is 0 Å². The number of benzene rings is 1. The van der Waals surface area contributed by atoms with E-state index in [4.69, 9.17) is 9.47 Å². The average Bonchev–Trinajstić information content (AvgIpc) is 2.54. The summed E-state index contributed by atoms with van der Waals surface area (Å²) in [6, 6.07) is 4.00. The summed E-state index contributed by atoms with van der Waals surface area (Å²) < 4.78 is 10.4. The van der Waals surface area contributed by atoms with Crippen LogP contribution in [0.1, 0.15) is 31.9 Å². The normalized spacial score (nSPS) is 11.9. The second-order valence-corrected chi connectivity index (χ2v) is 4.88. The molecule has 122 valence electrons. The molecule has 1 aliphatic heterocycles. The lowest BCUT2D eigenvalue weighted by Gasteiger charge is -2.14. The summed E-state index contributed by atoms with van der Waals surface area (Å²) in [5.74, 6) is 1.72. The number of carbonyl (C=O) groups excluding carboxylic acids is 1. The Balaban J connectivity index is 0.000000261. The Morgan fingerprint density at radius 2 is 1.77 bits per heavy atom. The molecule has 0 unspecified atom stereocenters. The SMILES string of the molecule is CCN(CC)C(C)=O.COc1cc2c(cc1OC)CCN=C2. The third-order valence-corrected chi connectivity index (χ3v) is 3.59. The van der Waals surface area contributed by atoms with Gasteiger partial charge in [-0.15, -0.1) is 0 Å². The van der Waals surface area contributed by atoms with Gasteiger partial charge >= 0.3 is 0 Å². The number of amides is 1. The topological polar surface area (TPSA) is 51.1 Å². The van der Waals surface area contributed by atoms with Crippen LogP contribution in [0.2, 0.25) is 0 Å². The van der Waals surface area contributed by atoms with Gasteiger partial charge in [0.05, 0.1) is 14.2 Å². The van der Waals surface area contributed by atoms with E-state index in [0.717, 1.165) is 43.1 Å². The minimum absolute atomic E-state index is 0.162. The first-order chi connectivity index (χ1) is 10.6. The van der Waals surface area contributed by atoms with Gasteiger partial charge in [-0.2, -0.15) is 0 Å². The van der Waals surface area contributed by atoms with Gasteiger partial charge in [0.2, 0.25) is 5.91 Å². The maximum atomic E-state index is 10.5. The van der Waals surface area contributed by atoms with Crippen molar-refractivity contribution >= 4 is 12.1 Å². The van der Waals surface area contributed by atoms with Crippen LogP contribution in [0.4, 0.5) is 0 Å². The van der Waals surface area contributed by atoms with Crippen molar-refractivity contribution in [2.24, 2.45) is 4.99 Å². The predicted octanol–water partition coefficient (Wildman–Crippen LogP) is 2.55. The molecular formula is C17H26N2O3. The molecule has 0 saturated heterocycles. The van der Waals surface area contributed by atoms with Crippen LogP contribution in [0.25, 0.3) is 0 Å². The Morgan fingerprint density at radius 1 is 1.18 bits per heavy atom. The summed E-state index contributed by atoms with van der Waals surface area (Å²) in [7, 11) is 3.30. The lowest BCUT2D eigenvalue weighted by atomic mass is 10.0. The molecule has 1 aliphatic rings. The summed E-state index contributed by atoms with van der Waals surface area (Å²) in [6.07, 6.45) is 2.87. The van der Waals surface area contributed by atoms with E-state index in [1.165, 1.54) is 5.56 Å². The van der Waals surface area contributed by atoms with E-state index < -0.39 is 0 Å². The van der Waals surface area contributed by atoms with Crippen LogP contribution < -0.4 is 9.47 Å². The maximum absolute atomic E-state index is 10.5. The Hall–Kier alpha value is -2.04. The Morgan fingerprint density at radius 3 is 2.23 bits per heavy atom. The number of hydrogen-bond acceptors (Lipinski definition) is 4. The standard InChI is InChI=1S/C11H13NO2.C6H13NO/c1-13-10-5-8-3-4-12-7-9(8)6-11(10)14-2;1-4-7(5-2)6(3)8/h5-7H,3-4H2,1-2H3;4-5H2,1-3H3. The fourth-order valence-electron chi connectivity index (χ4n) is 2.29. The van der Waals surface area contributed by atoms with Gasteiger partial charge < -0.3 is 14.4 Å². The molecule has 0 aliphatic carbocycles. The van der Waals surface area contributed by atoms with Crippen molar-refractivity contribution in [3.05, 3.63) is 23.3 Å². The van der Waals surface area contributed by atoms with Crippen LogP contribution in [0.3, 0.4) is 0 Å². The zero-order valence-corrected chi connectivity index (χ0v) is 14.2. The van der Waals surface area contributed by atoms with E-state index in [1.807, 2.05) is 32.2 Å². The summed E-state index contributed by atoms with van der Waals surface area (Å²) in [5.41, 5.74) is 2.41. The number of hydrogen-bond donors (Lipinski definition) is 0. The molecule has 1 aromatic carbocycles. The van der Waals surface area contributed by atoms with E-state index in [0.29, 0.717) is 0 Å². The number of nitrogens with zero attached hydrogens (tertiary/aromatic N) is 2. The van der Waals surface area contributed by atoms with Crippen molar-refractivity contribution < 1.29 is 14.3 Å². The lowest BCUT2D eigenvalue weighted by Crippen LogP contribution is -2.27. The van der Waals surface area contributed by atoms with E-state index >= 15 is 0 Å². The Bertz CT molecular complexity index is 523. The highest BCUT2D eigenvalue weighted by atomic mass is 16.5. The van der Waals surface area contributed by atoms with Gasteiger partial charge in [-0.3, -0.25) is 9.79 Å². The minimum atomic E-state index is 0.162. The highest BCUT2D eigenvalue weighted by molar-refractivity contribution is 5.84. The Labute approximate surface area is 132 Å². The monoisotopic (exact) mass is 306 g/mol. The smallest absolute Gasteiger partial charge is 0.219 e. The quantitative estimate of drug-likeness (QED) is 0.859. The molecule has 2 rings (SSSR count). The second kappa shape index (κ2) is 9.07. The van der Waals surface area contributed by atoms with Crippen molar-refractivity contribution in [3.63, 3.8) is 0 Å². The third kappa shape index (κ3) is 4.76. The summed E-state index contributed by atoms with van der Waals surface area (Å²) >= 11 is 0. The molecule has 0 bridgehead atoms. The molecule has 0 spiro atoms. The van der Waals surface area contributed by atoms with E-state index in [-0.39, 0.29) is 5.91 Å². The molecule has 1 heterocycles. The zero-order chi connectivity index (χ0) is 16.5. The van der Waals surface area contributed by atoms with E-state index in [9.17, 15) is 4.79 Å². The number of methoxy groups -OCH3 is 2. The Kier molecular flexibility index (Phi) is 7.43. The van der Waals surface area contributed by atoms with E-state index in [1.54, 1.807) is 26.0 Å². The molecule has 5 nitrogen and oxygen atoms in total.